The summed E-state index contributed by atoms with van der Waals surface area (Å²) in [6, 6.07) is 3.30. The predicted molar refractivity (Wildman–Crippen MR) is 73.2 cm³/mol. The van der Waals surface area contributed by atoms with E-state index in [1.54, 1.807) is 25.1 Å². The van der Waals surface area contributed by atoms with E-state index in [0.29, 0.717) is 13.1 Å². The molecule has 1 atom stereocenters. The summed E-state index contributed by atoms with van der Waals surface area (Å²) in [5.41, 5.74) is 5.62. The molecule has 2 heterocycles. The van der Waals surface area contributed by atoms with Gasteiger partial charge in [0.15, 0.2) is 0 Å². The van der Waals surface area contributed by atoms with E-state index in [1.807, 2.05) is 12.1 Å². The summed E-state index contributed by atoms with van der Waals surface area (Å²) in [6.45, 7) is 4.61. The Morgan fingerprint density at radius 2 is 2.11 bits per heavy atom. The fourth-order valence-corrected chi connectivity index (χ4v) is 2.14. The Labute approximate surface area is 113 Å². The third-order valence-corrected chi connectivity index (χ3v) is 3.26. The minimum absolute atomic E-state index is 0.0123. The normalized spacial score (nSPS) is 17.2. The smallest absolute Gasteiger partial charge is 0.239 e. The molecule has 0 saturated carbocycles. The molecular formula is C13H20N4O2. The molecule has 1 aromatic heterocycles. The summed E-state index contributed by atoms with van der Waals surface area (Å²) in [5.74, 6) is 1.68. The van der Waals surface area contributed by atoms with Crippen LogP contribution in [0, 0.1) is 0 Å². The molecule has 1 aliphatic rings. The van der Waals surface area contributed by atoms with E-state index >= 15 is 0 Å². The maximum atomic E-state index is 11.8. The van der Waals surface area contributed by atoms with Crippen LogP contribution in [0.3, 0.4) is 0 Å². The number of carbonyl (C=O) groups excluding carboxylic acids is 1. The number of anilines is 1. The van der Waals surface area contributed by atoms with Gasteiger partial charge in [0.2, 0.25) is 5.91 Å². The first-order valence-electron chi connectivity index (χ1n) is 6.41. The highest BCUT2D eigenvalue weighted by atomic mass is 16.5. The molecule has 0 bridgehead atoms. The van der Waals surface area contributed by atoms with Gasteiger partial charge in [-0.05, 0) is 13.0 Å². The summed E-state index contributed by atoms with van der Waals surface area (Å²) in [6.07, 6.45) is 1.73. The maximum Gasteiger partial charge on any atom is 0.239 e. The van der Waals surface area contributed by atoms with Crippen molar-refractivity contribution < 1.29 is 9.53 Å². The van der Waals surface area contributed by atoms with Crippen LogP contribution in [-0.2, 0) is 4.79 Å². The molecule has 6 heteroatoms. The van der Waals surface area contributed by atoms with Crippen LogP contribution in [0.15, 0.2) is 18.3 Å². The Bertz CT molecular complexity index is 442. The van der Waals surface area contributed by atoms with Gasteiger partial charge in [-0.2, -0.15) is 0 Å². The number of methoxy groups -OCH3 is 1. The summed E-state index contributed by atoms with van der Waals surface area (Å²) >= 11 is 0. The van der Waals surface area contributed by atoms with Crippen LogP contribution in [0.4, 0.5) is 5.82 Å². The van der Waals surface area contributed by atoms with Crippen molar-refractivity contribution >= 4 is 11.7 Å². The monoisotopic (exact) mass is 264 g/mol. The molecule has 6 nitrogen and oxygen atoms in total. The molecule has 1 aliphatic heterocycles. The number of rotatable bonds is 3. The van der Waals surface area contributed by atoms with Gasteiger partial charge in [0.1, 0.15) is 11.6 Å². The molecule has 1 amide bonds. The van der Waals surface area contributed by atoms with Crippen LogP contribution >= 0.6 is 0 Å². The highest BCUT2D eigenvalue weighted by Gasteiger charge is 2.23. The molecule has 19 heavy (non-hydrogen) atoms. The van der Waals surface area contributed by atoms with Crippen LogP contribution in [-0.4, -0.2) is 55.1 Å². The zero-order valence-electron chi connectivity index (χ0n) is 11.4. The lowest BCUT2D eigenvalue weighted by molar-refractivity contribution is -0.132. The molecule has 0 aliphatic carbocycles. The van der Waals surface area contributed by atoms with Gasteiger partial charge in [-0.3, -0.25) is 4.79 Å². The first-order valence-corrected chi connectivity index (χ1v) is 6.41. The SMILES string of the molecule is COc1ccnc(N2CCN(C(=O)C(C)N)CC2)c1. The summed E-state index contributed by atoms with van der Waals surface area (Å²) in [7, 11) is 1.64. The van der Waals surface area contributed by atoms with Crippen LogP contribution in [0.2, 0.25) is 0 Å². The molecule has 0 spiro atoms. The van der Waals surface area contributed by atoms with Crippen molar-refractivity contribution in [1.82, 2.24) is 9.88 Å². The van der Waals surface area contributed by atoms with Crippen molar-refractivity contribution in [2.24, 2.45) is 5.73 Å². The van der Waals surface area contributed by atoms with Crippen LogP contribution in [0.1, 0.15) is 6.92 Å². The summed E-state index contributed by atoms with van der Waals surface area (Å²) in [5, 5.41) is 0. The van der Waals surface area contributed by atoms with E-state index in [4.69, 9.17) is 10.5 Å². The van der Waals surface area contributed by atoms with Gasteiger partial charge in [-0.25, -0.2) is 4.98 Å². The third-order valence-electron chi connectivity index (χ3n) is 3.26. The number of carbonyl (C=O) groups is 1. The van der Waals surface area contributed by atoms with E-state index < -0.39 is 6.04 Å². The highest BCUT2D eigenvalue weighted by molar-refractivity contribution is 5.81. The zero-order chi connectivity index (χ0) is 13.8. The first kappa shape index (κ1) is 13.6. The number of amides is 1. The zero-order valence-corrected chi connectivity index (χ0v) is 11.4. The highest BCUT2D eigenvalue weighted by Crippen LogP contribution is 2.19. The van der Waals surface area contributed by atoms with Crippen molar-refractivity contribution in [3.63, 3.8) is 0 Å². The van der Waals surface area contributed by atoms with E-state index in [1.165, 1.54) is 0 Å². The molecule has 104 valence electrons. The molecular weight excluding hydrogens is 244 g/mol. The van der Waals surface area contributed by atoms with E-state index in [2.05, 4.69) is 9.88 Å². The molecule has 1 fully saturated rings. The maximum absolute atomic E-state index is 11.8. The van der Waals surface area contributed by atoms with Crippen molar-refractivity contribution in [3.05, 3.63) is 18.3 Å². The number of hydrogen-bond donors (Lipinski definition) is 1. The van der Waals surface area contributed by atoms with Crippen molar-refractivity contribution in [3.8, 4) is 5.75 Å². The largest absolute Gasteiger partial charge is 0.497 e. The molecule has 0 radical (unpaired) electrons. The van der Waals surface area contributed by atoms with Gasteiger partial charge in [-0.1, -0.05) is 0 Å². The minimum atomic E-state index is -0.429. The second kappa shape index (κ2) is 5.88. The number of nitrogens with zero attached hydrogens (tertiary/aromatic N) is 3. The van der Waals surface area contributed by atoms with Crippen LogP contribution in [0.25, 0.3) is 0 Å². The number of nitrogens with two attached hydrogens (primary N) is 1. The van der Waals surface area contributed by atoms with Crippen molar-refractivity contribution in [2.45, 2.75) is 13.0 Å². The molecule has 1 aromatic rings. The van der Waals surface area contributed by atoms with Crippen LogP contribution in [0.5, 0.6) is 5.75 Å². The minimum Gasteiger partial charge on any atom is -0.497 e. The van der Waals surface area contributed by atoms with Gasteiger partial charge in [-0.15, -0.1) is 0 Å². The topological polar surface area (TPSA) is 71.7 Å². The molecule has 1 unspecified atom stereocenters. The number of hydrogen-bond acceptors (Lipinski definition) is 5. The predicted octanol–water partition coefficient (Wildman–Crippen LogP) is 0.0860. The average molecular weight is 264 g/mol. The average Bonchev–Trinajstić information content (AvgIpc) is 2.46. The number of ether oxygens (including phenoxy) is 1. The molecule has 2 rings (SSSR count). The Hall–Kier alpha value is -1.82. The molecule has 0 aromatic carbocycles. The fourth-order valence-electron chi connectivity index (χ4n) is 2.14. The number of aromatic nitrogens is 1. The Morgan fingerprint density at radius 3 is 2.68 bits per heavy atom. The van der Waals surface area contributed by atoms with Crippen LogP contribution < -0.4 is 15.4 Å². The van der Waals surface area contributed by atoms with E-state index in [0.717, 1.165) is 24.7 Å². The Kier molecular flexibility index (Phi) is 4.21. The quantitative estimate of drug-likeness (QED) is 0.837. The Balaban J connectivity index is 1.97. The van der Waals surface area contributed by atoms with Gasteiger partial charge < -0.3 is 20.3 Å². The summed E-state index contributed by atoms with van der Waals surface area (Å²) < 4.78 is 5.19. The van der Waals surface area contributed by atoms with Gasteiger partial charge in [0.25, 0.3) is 0 Å². The lowest BCUT2D eigenvalue weighted by Gasteiger charge is -2.36. The molecule has 2 N–H and O–H groups in total. The Morgan fingerprint density at radius 1 is 1.42 bits per heavy atom. The van der Waals surface area contributed by atoms with Gasteiger partial charge >= 0.3 is 0 Å². The standard InChI is InChI=1S/C13H20N4O2/c1-10(14)13(18)17-7-5-16(6-8-17)12-9-11(19-2)3-4-15-12/h3-4,9-10H,5-8,14H2,1-2H3. The lowest BCUT2D eigenvalue weighted by Crippen LogP contribution is -2.52. The molecule has 1 saturated heterocycles. The lowest BCUT2D eigenvalue weighted by atomic mass is 10.2. The van der Waals surface area contributed by atoms with Crippen molar-refractivity contribution in [1.29, 1.82) is 0 Å². The summed E-state index contributed by atoms with van der Waals surface area (Å²) in [4.78, 5) is 20.1. The second-order valence-corrected chi connectivity index (χ2v) is 4.65. The third kappa shape index (κ3) is 3.14. The first-order chi connectivity index (χ1) is 9.11. The van der Waals surface area contributed by atoms with E-state index in [9.17, 15) is 4.79 Å². The van der Waals surface area contributed by atoms with E-state index in [-0.39, 0.29) is 5.91 Å². The number of piperazine rings is 1. The van der Waals surface area contributed by atoms with Crippen molar-refractivity contribution in [2.75, 3.05) is 38.2 Å². The number of pyridine rings is 1. The second-order valence-electron chi connectivity index (χ2n) is 4.65. The van der Waals surface area contributed by atoms with Gasteiger partial charge in [0, 0.05) is 38.4 Å². The fraction of sp³-hybridized carbons (Fsp3) is 0.538. The van der Waals surface area contributed by atoms with Gasteiger partial charge in [0.05, 0.1) is 13.2 Å².